The van der Waals surface area contributed by atoms with Gasteiger partial charge in [-0.2, -0.15) is 0 Å². The van der Waals surface area contributed by atoms with E-state index in [1.54, 1.807) is 24.3 Å². The number of carbonyl (C=O) groups excluding carboxylic acids is 2. The Morgan fingerprint density at radius 3 is 2.43 bits per heavy atom. The van der Waals surface area contributed by atoms with Crippen molar-refractivity contribution >= 4 is 11.7 Å². The van der Waals surface area contributed by atoms with E-state index in [4.69, 9.17) is 9.47 Å². The van der Waals surface area contributed by atoms with Gasteiger partial charge in [0.15, 0.2) is 12.4 Å². The minimum absolute atomic E-state index is 0.0436. The zero-order valence-corrected chi connectivity index (χ0v) is 13.0. The van der Waals surface area contributed by atoms with Gasteiger partial charge in [-0.1, -0.05) is 30.3 Å². The first-order chi connectivity index (χ1) is 11.1. The van der Waals surface area contributed by atoms with Crippen molar-refractivity contribution in [3.05, 3.63) is 60.2 Å². The molecule has 0 aliphatic heterocycles. The van der Waals surface area contributed by atoms with Crippen molar-refractivity contribution in [3.8, 4) is 11.5 Å². The highest BCUT2D eigenvalue weighted by molar-refractivity contribution is 5.94. The van der Waals surface area contributed by atoms with E-state index >= 15 is 0 Å². The Hall–Kier alpha value is -2.82. The summed E-state index contributed by atoms with van der Waals surface area (Å²) in [4.78, 5) is 23.0. The number of ketones is 1. The van der Waals surface area contributed by atoms with Crippen molar-refractivity contribution in [1.29, 1.82) is 0 Å². The highest BCUT2D eigenvalue weighted by atomic mass is 16.5. The third kappa shape index (κ3) is 5.82. The molecular weight excluding hydrogens is 294 g/mol. The van der Waals surface area contributed by atoms with Crippen molar-refractivity contribution in [1.82, 2.24) is 5.32 Å². The number of ether oxygens (including phenoxy) is 2. The van der Waals surface area contributed by atoms with Crippen molar-refractivity contribution in [2.75, 3.05) is 19.8 Å². The van der Waals surface area contributed by atoms with Gasteiger partial charge >= 0.3 is 0 Å². The fourth-order valence-electron chi connectivity index (χ4n) is 1.88. The number of benzene rings is 2. The first kappa shape index (κ1) is 16.5. The summed E-state index contributed by atoms with van der Waals surface area (Å²) in [6.07, 6.45) is 0. The molecule has 0 fully saturated rings. The van der Waals surface area contributed by atoms with Gasteiger partial charge in [-0.05, 0) is 31.2 Å². The Bertz CT molecular complexity index is 655. The molecule has 2 aromatic carbocycles. The van der Waals surface area contributed by atoms with Gasteiger partial charge in [0.1, 0.15) is 18.1 Å². The summed E-state index contributed by atoms with van der Waals surface area (Å²) in [6.45, 7) is 2.16. The van der Waals surface area contributed by atoms with Gasteiger partial charge in [0.05, 0.1) is 6.54 Å². The van der Waals surface area contributed by atoms with Gasteiger partial charge in [0.25, 0.3) is 5.91 Å². The van der Waals surface area contributed by atoms with E-state index in [1.165, 1.54) is 6.92 Å². The molecule has 0 atom stereocenters. The molecule has 1 N–H and O–H groups in total. The number of hydrogen-bond donors (Lipinski definition) is 1. The molecule has 1 amide bonds. The first-order valence-electron chi connectivity index (χ1n) is 7.33. The monoisotopic (exact) mass is 313 g/mol. The van der Waals surface area contributed by atoms with Gasteiger partial charge in [-0.25, -0.2) is 0 Å². The number of carbonyl (C=O) groups is 2. The SMILES string of the molecule is CC(=O)c1cccc(OCC(=O)NCCOc2ccccc2)c1. The predicted octanol–water partition coefficient (Wildman–Crippen LogP) is 2.46. The molecule has 0 unspecified atom stereocenters. The van der Waals surface area contributed by atoms with Crippen LogP contribution in [0.2, 0.25) is 0 Å². The fourth-order valence-corrected chi connectivity index (χ4v) is 1.88. The van der Waals surface area contributed by atoms with Crippen LogP contribution in [0.15, 0.2) is 54.6 Å². The van der Waals surface area contributed by atoms with Crippen molar-refractivity contribution in [2.45, 2.75) is 6.92 Å². The maximum atomic E-state index is 11.7. The van der Waals surface area contributed by atoms with Gasteiger partial charge < -0.3 is 14.8 Å². The van der Waals surface area contributed by atoms with E-state index in [0.29, 0.717) is 24.5 Å². The van der Waals surface area contributed by atoms with Gasteiger partial charge in [-0.3, -0.25) is 9.59 Å². The van der Waals surface area contributed by atoms with Crippen LogP contribution in [0.4, 0.5) is 0 Å². The quantitative estimate of drug-likeness (QED) is 0.600. The van der Waals surface area contributed by atoms with Crippen LogP contribution in [0, 0.1) is 0 Å². The lowest BCUT2D eigenvalue weighted by Gasteiger charge is -2.09. The summed E-state index contributed by atoms with van der Waals surface area (Å²) in [7, 11) is 0. The molecule has 0 spiro atoms. The molecule has 0 aliphatic rings. The Morgan fingerprint density at radius 1 is 0.957 bits per heavy atom. The lowest BCUT2D eigenvalue weighted by molar-refractivity contribution is -0.123. The summed E-state index contributed by atoms with van der Waals surface area (Å²) in [5, 5.41) is 2.70. The number of Topliss-reactive ketones (excluding diaryl/α,β-unsaturated/α-hetero) is 1. The molecule has 0 aromatic heterocycles. The van der Waals surface area contributed by atoms with E-state index in [1.807, 2.05) is 30.3 Å². The van der Waals surface area contributed by atoms with Crippen molar-refractivity contribution < 1.29 is 19.1 Å². The molecule has 5 heteroatoms. The van der Waals surface area contributed by atoms with Crippen LogP contribution in [0.25, 0.3) is 0 Å². The van der Waals surface area contributed by atoms with E-state index in [2.05, 4.69) is 5.32 Å². The third-order valence-corrected chi connectivity index (χ3v) is 3.05. The van der Waals surface area contributed by atoms with Crippen LogP contribution >= 0.6 is 0 Å². The zero-order valence-electron chi connectivity index (χ0n) is 13.0. The average Bonchev–Trinajstić information content (AvgIpc) is 2.58. The molecule has 2 aromatic rings. The summed E-state index contributed by atoms with van der Waals surface area (Å²) >= 11 is 0. The van der Waals surface area contributed by atoms with E-state index < -0.39 is 0 Å². The van der Waals surface area contributed by atoms with Crippen molar-refractivity contribution in [3.63, 3.8) is 0 Å². The lowest BCUT2D eigenvalue weighted by Crippen LogP contribution is -2.32. The van der Waals surface area contributed by atoms with E-state index in [0.717, 1.165) is 5.75 Å². The van der Waals surface area contributed by atoms with E-state index in [9.17, 15) is 9.59 Å². The Morgan fingerprint density at radius 2 is 1.70 bits per heavy atom. The molecule has 0 aliphatic carbocycles. The number of para-hydroxylation sites is 1. The molecule has 0 bridgehead atoms. The van der Waals surface area contributed by atoms with Crippen LogP contribution in [0.3, 0.4) is 0 Å². The summed E-state index contributed by atoms with van der Waals surface area (Å²) in [5.74, 6) is 0.972. The Labute approximate surface area is 135 Å². The van der Waals surface area contributed by atoms with Gasteiger partial charge in [-0.15, -0.1) is 0 Å². The lowest BCUT2D eigenvalue weighted by atomic mass is 10.1. The first-order valence-corrected chi connectivity index (χ1v) is 7.33. The van der Waals surface area contributed by atoms with Crippen LogP contribution < -0.4 is 14.8 Å². The normalized spacial score (nSPS) is 9.96. The second-order valence-electron chi connectivity index (χ2n) is 4.88. The molecule has 120 valence electrons. The number of nitrogens with one attached hydrogen (secondary N) is 1. The van der Waals surface area contributed by atoms with E-state index in [-0.39, 0.29) is 18.3 Å². The van der Waals surface area contributed by atoms with Gasteiger partial charge in [0.2, 0.25) is 0 Å². The molecular formula is C18H19NO4. The maximum absolute atomic E-state index is 11.7. The second-order valence-corrected chi connectivity index (χ2v) is 4.88. The summed E-state index contributed by atoms with van der Waals surface area (Å²) < 4.78 is 10.8. The van der Waals surface area contributed by atoms with Crippen LogP contribution in [0.5, 0.6) is 11.5 Å². The summed E-state index contributed by atoms with van der Waals surface area (Å²) in [5.41, 5.74) is 0.555. The minimum atomic E-state index is -0.241. The second kappa shape index (κ2) is 8.58. The number of rotatable bonds is 8. The molecule has 5 nitrogen and oxygen atoms in total. The maximum Gasteiger partial charge on any atom is 0.258 e. The van der Waals surface area contributed by atoms with Crippen LogP contribution in [-0.4, -0.2) is 31.4 Å². The zero-order chi connectivity index (χ0) is 16.5. The number of amides is 1. The van der Waals surface area contributed by atoms with Crippen molar-refractivity contribution in [2.24, 2.45) is 0 Å². The Balaban J connectivity index is 1.67. The number of hydrogen-bond acceptors (Lipinski definition) is 4. The standard InChI is InChI=1S/C18H19NO4/c1-14(20)15-6-5-9-17(12-15)23-13-18(21)19-10-11-22-16-7-3-2-4-8-16/h2-9,12H,10-11,13H2,1H3,(H,19,21). The molecule has 2 rings (SSSR count). The minimum Gasteiger partial charge on any atom is -0.492 e. The van der Waals surface area contributed by atoms with Gasteiger partial charge in [0, 0.05) is 5.56 Å². The third-order valence-electron chi connectivity index (χ3n) is 3.05. The average molecular weight is 313 g/mol. The smallest absolute Gasteiger partial charge is 0.258 e. The largest absolute Gasteiger partial charge is 0.492 e. The fraction of sp³-hybridized carbons (Fsp3) is 0.222. The molecule has 0 saturated carbocycles. The highest BCUT2D eigenvalue weighted by Crippen LogP contribution is 2.13. The highest BCUT2D eigenvalue weighted by Gasteiger charge is 2.05. The molecule has 0 heterocycles. The molecule has 23 heavy (non-hydrogen) atoms. The topological polar surface area (TPSA) is 64.6 Å². The summed E-state index contributed by atoms with van der Waals surface area (Å²) in [6, 6.07) is 16.1. The Kier molecular flexibility index (Phi) is 6.17. The predicted molar refractivity (Wildman–Crippen MR) is 86.9 cm³/mol. The molecule has 0 saturated heterocycles. The molecule has 0 radical (unpaired) electrons. The van der Waals surface area contributed by atoms with Crippen LogP contribution in [0.1, 0.15) is 17.3 Å². The van der Waals surface area contributed by atoms with Crippen LogP contribution in [-0.2, 0) is 4.79 Å².